The van der Waals surface area contributed by atoms with E-state index in [1.165, 1.54) is 16.8 Å². The summed E-state index contributed by atoms with van der Waals surface area (Å²) in [4.78, 5) is 2.11. The number of rotatable bonds is 1. The third-order valence-corrected chi connectivity index (χ3v) is 2.64. The fourth-order valence-corrected chi connectivity index (χ4v) is 2.07. The Bertz CT molecular complexity index is 348. The van der Waals surface area contributed by atoms with Gasteiger partial charge >= 0.3 is 0 Å². The first kappa shape index (κ1) is 9.25. The Labute approximate surface area is 85.1 Å². The predicted molar refractivity (Wildman–Crippen MR) is 60.2 cm³/mol. The molecule has 1 aliphatic rings. The second kappa shape index (κ2) is 3.45. The quantitative estimate of drug-likeness (QED) is 0.720. The molecule has 0 spiro atoms. The van der Waals surface area contributed by atoms with E-state index in [0.29, 0.717) is 0 Å². The molecule has 0 aliphatic carbocycles. The zero-order valence-electron chi connectivity index (χ0n) is 8.80. The van der Waals surface area contributed by atoms with Gasteiger partial charge in [0.1, 0.15) is 5.84 Å². The molecule has 0 atom stereocenters. The van der Waals surface area contributed by atoms with Gasteiger partial charge in [-0.1, -0.05) is 6.07 Å². The van der Waals surface area contributed by atoms with Crippen LogP contribution in [0, 0.1) is 19.3 Å². The standard InChI is InChI=1S/C12H16N2/c1-9-6-10(2)8-11(7-9)14-5-3-4-12(14)13/h6-8,13H,3-5H2,1-2H3. The van der Waals surface area contributed by atoms with Crippen molar-refractivity contribution < 1.29 is 0 Å². The Balaban J connectivity index is 2.35. The summed E-state index contributed by atoms with van der Waals surface area (Å²) in [7, 11) is 0. The molecule has 1 aliphatic heterocycles. The van der Waals surface area contributed by atoms with Crippen LogP contribution in [0.1, 0.15) is 24.0 Å². The molecule has 1 saturated heterocycles. The molecule has 0 saturated carbocycles. The molecule has 1 aromatic rings. The Morgan fingerprint density at radius 2 is 1.79 bits per heavy atom. The maximum absolute atomic E-state index is 7.81. The monoisotopic (exact) mass is 188 g/mol. The lowest BCUT2D eigenvalue weighted by Gasteiger charge is -2.18. The number of benzene rings is 1. The topological polar surface area (TPSA) is 27.1 Å². The normalized spacial score (nSPS) is 16.4. The number of nitrogens with zero attached hydrogens (tertiary/aromatic N) is 1. The van der Waals surface area contributed by atoms with Crippen LogP contribution in [0.5, 0.6) is 0 Å². The van der Waals surface area contributed by atoms with Crippen molar-refractivity contribution >= 4 is 11.5 Å². The molecular formula is C12H16N2. The number of aryl methyl sites for hydroxylation is 2. The van der Waals surface area contributed by atoms with Crippen molar-refractivity contribution in [3.8, 4) is 0 Å². The number of nitrogens with one attached hydrogen (secondary N) is 1. The highest BCUT2D eigenvalue weighted by Crippen LogP contribution is 2.23. The Morgan fingerprint density at radius 1 is 1.14 bits per heavy atom. The van der Waals surface area contributed by atoms with Crippen molar-refractivity contribution in [1.29, 1.82) is 5.41 Å². The molecule has 14 heavy (non-hydrogen) atoms. The van der Waals surface area contributed by atoms with Crippen molar-refractivity contribution in [1.82, 2.24) is 0 Å². The van der Waals surface area contributed by atoms with E-state index in [0.717, 1.165) is 25.2 Å². The number of amidine groups is 1. The van der Waals surface area contributed by atoms with E-state index in [9.17, 15) is 0 Å². The van der Waals surface area contributed by atoms with Crippen LogP contribution in [-0.2, 0) is 0 Å². The van der Waals surface area contributed by atoms with E-state index in [4.69, 9.17) is 5.41 Å². The van der Waals surface area contributed by atoms with Gasteiger partial charge in [0.2, 0.25) is 0 Å². The first-order valence-corrected chi connectivity index (χ1v) is 5.10. The van der Waals surface area contributed by atoms with Gasteiger partial charge in [-0.25, -0.2) is 0 Å². The molecule has 2 rings (SSSR count). The van der Waals surface area contributed by atoms with Crippen LogP contribution >= 0.6 is 0 Å². The summed E-state index contributed by atoms with van der Waals surface area (Å²) in [5.41, 5.74) is 3.74. The van der Waals surface area contributed by atoms with Gasteiger partial charge in [0.15, 0.2) is 0 Å². The molecule has 2 nitrogen and oxygen atoms in total. The summed E-state index contributed by atoms with van der Waals surface area (Å²) in [6.07, 6.45) is 2.04. The van der Waals surface area contributed by atoms with Gasteiger partial charge in [0.25, 0.3) is 0 Å². The van der Waals surface area contributed by atoms with Crippen LogP contribution < -0.4 is 4.90 Å². The number of hydrogen-bond donors (Lipinski definition) is 1. The van der Waals surface area contributed by atoms with Crippen LogP contribution in [0.4, 0.5) is 5.69 Å². The largest absolute Gasteiger partial charge is 0.330 e. The lowest BCUT2D eigenvalue weighted by atomic mass is 10.1. The smallest absolute Gasteiger partial charge is 0.100 e. The third kappa shape index (κ3) is 1.65. The summed E-state index contributed by atoms with van der Waals surface area (Å²) in [5.74, 6) is 0.759. The lowest BCUT2D eigenvalue weighted by Crippen LogP contribution is -2.23. The highest BCUT2D eigenvalue weighted by atomic mass is 15.2. The average molecular weight is 188 g/mol. The van der Waals surface area contributed by atoms with Gasteiger partial charge in [0.05, 0.1) is 0 Å². The molecule has 0 radical (unpaired) electrons. The summed E-state index contributed by atoms with van der Waals surface area (Å²) >= 11 is 0. The minimum absolute atomic E-state index is 0.759. The summed E-state index contributed by atoms with van der Waals surface area (Å²) < 4.78 is 0. The third-order valence-electron chi connectivity index (χ3n) is 2.64. The molecule has 1 aromatic carbocycles. The molecule has 1 N–H and O–H groups in total. The van der Waals surface area contributed by atoms with Crippen LogP contribution in [0.3, 0.4) is 0 Å². The maximum Gasteiger partial charge on any atom is 0.100 e. The molecule has 1 fully saturated rings. The maximum atomic E-state index is 7.81. The lowest BCUT2D eigenvalue weighted by molar-refractivity contribution is 0.955. The summed E-state index contributed by atoms with van der Waals surface area (Å²) in [6, 6.07) is 6.49. The zero-order chi connectivity index (χ0) is 10.1. The average Bonchev–Trinajstić information content (AvgIpc) is 2.49. The van der Waals surface area contributed by atoms with E-state index in [1.807, 2.05) is 0 Å². The molecule has 0 bridgehead atoms. The highest BCUT2D eigenvalue weighted by molar-refractivity contribution is 5.97. The molecule has 74 valence electrons. The molecular weight excluding hydrogens is 172 g/mol. The molecule has 1 heterocycles. The van der Waals surface area contributed by atoms with Crippen molar-refractivity contribution in [3.05, 3.63) is 29.3 Å². The molecule has 0 amide bonds. The van der Waals surface area contributed by atoms with Crippen LogP contribution in [0.2, 0.25) is 0 Å². The van der Waals surface area contributed by atoms with Gasteiger partial charge in [-0.3, -0.25) is 5.41 Å². The molecule has 0 unspecified atom stereocenters. The van der Waals surface area contributed by atoms with Gasteiger partial charge in [-0.15, -0.1) is 0 Å². The minimum atomic E-state index is 0.759. The minimum Gasteiger partial charge on any atom is -0.330 e. The van der Waals surface area contributed by atoms with E-state index in [1.54, 1.807) is 0 Å². The Kier molecular flexibility index (Phi) is 2.28. The highest BCUT2D eigenvalue weighted by Gasteiger charge is 2.18. The van der Waals surface area contributed by atoms with Gasteiger partial charge in [-0.05, 0) is 43.5 Å². The summed E-state index contributed by atoms with van der Waals surface area (Å²) in [5, 5.41) is 7.81. The second-order valence-electron chi connectivity index (χ2n) is 4.05. The first-order chi connectivity index (χ1) is 6.66. The summed E-state index contributed by atoms with van der Waals surface area (Å²) in [6.45, 7) is 5.22. The van der Waals surface area contributed by atoms with E-state index >= 15 is 0 Å². The molecule has 2 heteroatoms. The predicted octanol–water partition coefficient (Wildman–Crippen LogP) is 2.88. The van der Waals surface area contributed by atoms with Crippen molar-refractivity contribution in [2.24, 2.45) is 0 Å². The van der Waals surface area contributed by atoms with Crippen LogP contribution in [0.15, 0.2) is 18.2 Å². The SMILES string of the molecule is Cc1cc(C)cc(N2CCCC2=N)c1. The van der Waals surface area contributed by atoms with E-state index in [2.05, 4.69) is 36.9 Å². The second-order valence-corrected chi connectivity index (χ2v) is 4.05. The van der Waals surface area contributed by atoms with Crippen LogP contribution in [0.25, 0.3) is 0 Å². The van der Waals surface area contributed by atoms with Crippen molar-refractivity contribution in [2.45, 2.75) is 26.7 Å². The number of anilines is 1. The van der Waals surface area contributed by atoms with E-state index in [-0.39, 0.29) is 0 Å². The van der Waals surface area contributed by atoms with Gasteiger partial charge in [0, 0.05) is 18.7 Å². The van der Waals surface area contributed by atoms with Crippen LogP contribution in [-0.4, -0.2) is 12.4 Å². The molecule has 0 aromatic heterocycles. The van der Waals surface area contributed by atoms with Crippen molar-refractivity contribution in [2.75, 3.05) is 11.4 Å². The Hall–Kier alpha value is -1.31. The van der Waals surface area contributed by atoms with Gasteiger partial charge in [-0.2, -0.15) is 0 Å². The van der Waals surface area contributed by atoms with E-state index < -0.39 is 0 Å². The van der Waals surface area contributed by atoms with Crippen molar-refractivity contribution in [3.63, 3.8) is 0 Å². The Morgan fingerprint density at radius 3 is 2.29 bits per heavy atom. The fourth-order valence-electron chi connectivity index (χ4n) is 2.07. The first-order valence-electron chi connectivity index (χ1n) is 5.10. The zero-order valence-corrected chi connectivity index (χ0v) is 8.80. The number of hydrogen-bond acceptors (Lipinski definition) is 1. The fraction of sp³-hybridized carbons (Fsp3) is 0.417. The van der Waals surface area contributed by atoms with Gasteiger partial charge < -0.3 is 4.90 Å².